The minimum atomic E-state index is -4.31. The molecular weight excluding hydrogens is 267 g/mol. The molecule has 1 aromatic carbocycles. The number of halogens is 3. The second kappa shape index (κ2) is 5.74. The summed E-state index contributed by atoms with van der Waals surface area (Å²) >= 11 is 0. The van der Waals surface area contributed by atoms with Crippen molar-refractivity contribution < 1.29 is 18.3 Å². The van der Waals surface area contributed by atoms with Gasteiger partial charge in [-0.05, 0) is 37.1 Å². The second-order valence-electron chi connectivity index (χ2n) is 5.53. The van der Waals surface area contributed by atoms with Gasteiger partial charge in [0.1, 0.15) is 0 Å². The lowest BCUT2D eigenvalue weighted by molar-refractivity contribution is -0.137. The van der Waals surface area contributed by atoms with E-state index in [2.05, 4.69) is 5.32 Å². The van der Waals surface area contributed by atoms with Gasteiger partial charge in [0.05, 0.1) is 11.2 Å². The van der Waals surface area contributed by atoms with Crippen LogP contribution in [0.1, 0.15) is 30.9 Å². The predicted octanol–water partition coefficient (Wildman–Crippen LogP) is 3.00. The van der Waals surface area contributed by atoms with E-state index in [0.29, 0.717) is 12.8 Å². The monoisotopic (exact) mass is 287 g/mol. The van der Waals surface area contributed by atoms with Gasteiger partial charge in [0.2, 0.25) is 0 Å². The van der Waals surface area contributed by atoms with Crippen molar-refractivity contribution >= 4 is 0 Å². The number of aliphatic hydroxyl groups is 1. The highest BCUT2D eigenvalue weighted by Crippen LogP contribution is 2.33. The van der Waals surface area contributed by atoms with Crippen LogP contribution in [-0.4, -0.2) is 23.8 Å². The van der Waals surface area contributed by atoms with Gasteiger partial charge in [-0.2, -0.15) is 13.2 Å². The number of piperidine rings is 1. The highest BCUT2D eigenvalue weighted by atomic mass is 19.4. The van der Waals surface area contributed by atoms with E-state index in [-0.39, 0.29) is 5.92 Å². The van der Waals surface area contributed by atoms with Gasteiger partial charge >= 0.3 is 6.18 Å². The summed E-state index contributed by atoms with van der Waals surface area (Å²) in [5.74, 6) is 0.138. The third-order valence-electron chi connectivity index (χ3n) is 4.17. The van der Waals surface area contributed by atoms with Crippen LogP contribution in [0.3, 0.4) is 0 Å². The summed E-state index contributed by atoms with van der Waals surface area (Å²) in [5.41, 5.74) is -0.717. The van der Waals surface area contributed by atoms with Crippen LogP contribution < -0.4 is 5.32 Å². The number of hydrogen-bond acceptors (Lipinski definition) is 2. The quantitative estimate of drug-likeness (QED) is 0.895. The van der Waals surface area contributed by atoms with Crippen molar-refractivity contribution in [2.45, 2.75) is 38.0 Å². The Hall–Kier alpha value is -1.07. The van der Waals surface area contributed by atoms with E-state index < -0.39 is 17.3 Å². The van der Waals surface area contributed by atoms with Crippen molar-refractivity contribution in [2.75, 3.05) is 13.1 Å². The van der Waals surface area contributed by atoms with Crippen LogP contribution in [0.25, 0.3) is 0 Å². The minimum Gasteiger partial charge on any atom is -0.389 e. The largest absolute Gasteiger partial charge is 0.416 e. The number of alkyl halides is 3. The number of benzene rings is 1. The van der Waals surface area contributed by atoms with Gasteiger partial charge in [-0.3, -0.25) is 0 Å². The van der Waals surface area contributed by atoms with Gasteiger partial charge in [-0.25, -0.2) is 0 Å². The van der Waals surface area contributed by atoms with E-state index in [4.69, 9.17) is 0 Å². The summed E-state index contributed by atoms with van der Waals surface area (Å²) in [7, 11) is 0. The zero-order valence-corrected chi connectivity index (χ0v) is 11.5. The molecule has 0 saturated carbocycles. The van der Waals surface area contributed by atoms with Gasteiger partial charge in [-0.15, -0.1) is 0 Å². The average molecular weight is 287 g/mol. The van der Waals surface area contributed by atoms with E-state index in [1.165, 1.54) is 12.1 Å². The summed E-state index contributed by atoms with van der Waals surface area (Å²) in [6.07, 6.45) is -2.42. The summed E-state index contributed by atoms with van der Waals surface area (Å²) < 4.78 is 37.5. The summed E-state index contributed by atoms with van der Waals surface area (Å²) in [4.78, 5) is 0. The van der Waals surface area contributed by atoms with E-state index in [1.54, 1.807) is 0 Å². The first-order chi connectivity index (χ1) is 9.35. The standard InChI is InChI=1S/C15H20F3NO/c1-2-12-10-19-8-7-14(12,20)9-11-3-5-13(6-4-11)15(16,17)18/h3-6,12,19-20H,2,7-10H2,1H3. The van der Waals surface area contributed by atoms with Crippen molar-refractivity contribution in [2.24, 2.45) is 5.92 Å². The molecule has 2 atom stereocenters. The maximum atomic E-state index is 12.5. The molecule has 1 aliphatic heterocycles. The smallest absolute Gasteiger partial charge is 0.389 e. The molecule has 5 heteroatoms. The molecule has 1 saturated heterocycles. The minimum absolute atomic E-state index is 0.138. The fourth-order valence-corrected chi connectivity index (χ4v) is 2.90. The third kappa shape index (κ3) is 3.33. The topological polar surface area (TPSA) is 32.3 Å². The fourth-order valence-electron chi connectivity index (χ4n) is 2.90. The number of nitrogens with one attached hydrogen (secondary N) is 1. The van der Waals surface area contributed by atoms with Crippen molar-refractivity contribution in [1.82, 2.24) is 5.32 Å². The Morgan fingerprint density at radius 1 is 1.30 bits per heavy atom. The summed E-state index contributed by atoms with van der Waals surface area (Å²) in [6.45, 7) is 3.52. The molecule has 1 fully saturated rings. The molecule has 1 aliphatic rings. The second-order valence-corrected chi connectivity index (χ2v) is 5.53. The van der Waals surface area contributed by atoms with Crippen LogP contribution in [0.4, 0.5) is 13.2 Å². The van der Waals surface area contributed by atoms with Crippen LogP contribution in [0.15, 0.2) is 24.3 Å². The van der Waals surface area contributed by atoms with Crippen LogP contribution in [0, 0.1) is 5.92 Å². The Morgan fingerprint density at radius 3 is 2.50 bits per heavy atom. The predicted molar refractivity (Wildman–Crippen MR) is 71.4 cm³/mol. The number of rotatable bonds is 3. The molecule has 0 aromatic heterocycles. The maximum absolute atomic E-state index is 12.5. The average Bonchev–Trinajstić information content (AvgIpc) is 2.38. The maximum Gasteiger partial charge on any atom is 0.416 e. The van der Waals surface area contributed by atoms with Crippen LogP contribution in [0.5, 0.6) is 0 Å². The Labute approximate surface area is 117 Å². The molecule has 2 rings (SSSR count). The molecular formula is C15H20F3NO. The highest BCUT2D eigenvalue weighted by molar-refractivity contribution is 5.26. The lowest BCUT2D eigenvalue weighted by Crippen LogP contribution is -2.51. The van der Waals surface area contributed by atoms with E-state index in [1.807, 2.05) is 6.92 Å². The molecule has 112 valence electrons. The van der Waals surface area contributed by atoms with Crippen molar-refractivity contribution in [3.05, 3.63) is 35.4 Å². The van der Waals surface area contributed by atoms with Crippen molar-refractivity contribution in [1.29, 1.82) is 0 Å². The van der Waals surface area contributed by atoms with Gasteiger partial charge in [0.15, 0.2) is 0 Å². The zero-order chi connectivity index (χ0) is 14.8. The first-order valence-electron chi connectivity index (χ1n) is 6.94. The van der Waals surface area contributed by atoms with Crippen LogP contribution in [0.2, 0.25) is 0 Å². The fraction of sp³-hybridized carbons (Fsp3) is 0.600. The lowest BCUT2D eigenvalue weighted by atomic mass is 9.76. The van der Waals surface area contributed by atoms with E-state index in [9.17, 15) is 18.3 Å². The van der Waals surface area contributed by atoms with Crippen molar-refractivity contribution in [3.63, 3.8) is 0 Å². The molecule has 1 heterocycles. The van der Waals surface area contributed by atoms with Gasteiger partial charge < -0.3 is 10.4 Å². The number of hydrogen-bond donors (Lipinski definition) is 2. The molecule has 0 spiro atoms. The van der Waals surface area contributed by atoms with Gasteiger partial charge in [0.25, 0.3) is 0 Å². The zero-order valence-electron chi connectivity index (χ0n) is 11.5. The Kier molecular flexibility index (Phi) is 4.39. The molecule has 2 N–H and O–H groups in total. The molecule has 1 aromatic rings. The molecule has 20 heavy (non-hydrogen) atoms. The molecule has 2 nitrogen and oxygen atoms in total. The molecule has 0 amide bonds. The lowest BCUT2D eigenvalue weighted by Gasteiger charge is -2.40. The third-order valence-corrected chi connectivity index (χ3v) is 4.17. The SMILES string of the molecule is CCC1CNCCC1(O)Cc1ccc(C(F)(F)F)cc1. The van der Waals surface area contributed by atoms with E-state index >= 15 is 0 Å². The molecule has 0 radical (unpaired) electrons. The summed E-state index contributed by atoms with van der Waals surface area (Å²) in [6, 6.07) is 5.10. The Morgan fingerprint density at radius 2 is 1.95 bits per heavy atom. The van der Waals surface area contributed by atoms with Crippen molar-refractivity contribution in [3.8, 4) is 0 Å². The van der Waals surface area contributed by atoms with E-state index in [0.717, 1.165) is 37.2 Å². The van der Waals surface area contributed by atoms with Crippen LogP contribution >= 0.6 is 0 Å². The molecule has 0 bridgehead atoms. The Bertz CT molecular complexity index is 443. The van der Waals surface area contributed by atoms with Gasteiger partial charge in [0, 0.05) is 18.9 Å². The Balaban J connectivity index is 2.12. The van der Waals surface area contributed by atoms with Gasteiger partial charge in [-0.1, -0.05) is 19.1 Å². The van der Waals surface area contributed by atoms with Crippen LogP contribution in [-0.2, 0) is 12.6 Å². The first-order valence-corrected chi connectivity index (χ1v) is 6.94. The first kappa shape index (κ1) is 15.3. The molecule has 2 unspecified atom stereocenters. The molecule has 0 aliphatic carbocycles. The summed E-state index contributed by atoms with van der Waals surface area (Å²) in [5, 5.41) is 14.0. The highest BCUT2D eigenvalue weighted by Gasteiger charge is 2.38. The normalized spacial score (nSPS) is 27.6.